The summed E-state index contributed by atoms with van der Waals surface area (Å²) < 4.78 is 5.27. The summed E-state index contributed by atoms with van der Waals surface area (Å²) >= 11 is 0. The number of anilines is 1. The van der Waals surface area contributed by atoms with Crippen LogP contribution in [0.3, 0.4) is 0 Å². The first kappa shape index (κ1) is 20.4. The Morgan fingerprint density at radius 1 is 1.09 bits per heavy atom. The van der Waals surface area contributed by atoms with Crippen molar-refractivity contribution in [2.75, 3.05) is 25.5 Å². The van der Waals surface area contributed by atoms with E-state index in [1.807, 2.05) is 41.4 Å². The average Bonchev–Trinajstić information content (AvgIpc) is 3.68. The fraction of sp³-hybridized carbons (Fsp3) is 0.360. The Kier molecular flexibility index (Phi) is 5.71. The predicted molar refractivity (Wildman–Crippen MR) is 123 cm³/mol. The third-order valence-corrected chi connectivity index (χ3v) is 6.21. The lowest BCUT2D eigenvalue weighted by atomic mass is 9.89. The molecular weight excluding hydrogens is 402 g/mol. The van der Waals surface area contributed by atoms with Gasteiger partial charge in [-0.25, -0.2) is 9.97 Å². The molecule has 2 aromatic heterocycles. The summed E-state index contributed by atoms with van der Waals surface area (Å²) in [4.78, 5) is 28.6. The average molecular weight is 430 g/mol. The molecule has 1 N–H and O–H groups in total. The van der Waals surface area contributed by atoms with Crippen molar-refractivity contribution in [3.8, 4) is 16.9 Å². The minimum atomic E-state index is 0.0514. The molecule has 32 heavy (non-hydrogen) atoms. The number of methoxy groups -OCH3 is 1. The van der Waals surface area contributed by atoms with E-state index in [2.05, 4.69) is 15.3 Å². The number of carbonyl (C=O) groups is 1. The Hall–Kier alpha value is -3.48. The molecule has 7 nitrogen and oxygen atoms in total. The van der Waals surface area contributed by atoms with Gasteiger partial charge in [0.05, 0.1) is 12.8 Å². The molecule has 164 valence electrons. The molecule has 5 rings (SSSR count). The summed E-state index contributed by atoms with van der Waals surface area (Å²) in [6.07, 6.45) is 9.61. The van der Waals surface area contributed by atoms with Crippen LogP contribution in [0.1, 0.15) is 47.7 Å². The Bertz CT molecular complexity index is 1090. The summed E-state index contributed by atoms with van der Waals surface area (Å²) in [6, 6.07) is 11.8. The molecule has 0 atom stereocenters. The van der Waals surface area contributed by atoms with Gasteiger partial charge in [0.25, 0.3) is 5.91 Å². The summed E-state index contributed by atoms with van der Waals surface area (Å²) in [7, 11) is 1.61. The molecule has 1 saturated heterocycles. The van der Waals surface area contributed by atoms with Gasteiger partial charge in [0.2, 0.25) is 5.95 Å². The molecule has 2 fully saturated rings. The van der Waals surface area contributed by atoms with Crippen LogP contribution < -0.4 is 10.1 Å². The van der Waals surface area contributed by atoms with Gasteiger partial charge in [-0.1, -0.05) is 6.07 Å². The van der Waals surface area contributed by atoms with E-state index in [-0.39, 0.29) is 11.8 Å². The van der Waals surface area contributed by atoms with Gasteiger partial charge in [-0.05, 0) is 61.6 Å². The Labute approximate surface area is 187 Å². The second kappa shape index (κ2) is 8.94. The Morgan fingerprint density at radius 2 is 1.88 bits per heavy atom. The van der Waals surface area contributed by atoms with Crippen molar-refractivity contribution in [3.63, 3.8) is 0 Å². The molecule has 1 aromatic carbocycles. The van der Waals surface area contributed by atoms with E-state index in [9.17, 15) is 4.79 Å². The zero-order valence-corrected chi connectivity index (χ0v) is 18.2. The SMILES string of the molecule is COc1cccc(C(=O)N2CCC(c3nc(NC4CC4)ncc3-c3ccncc3)CC2)c1. The highest BCUT2D eigenvalue weighted by Gasteiger charge is 2.29. The summed E-state index contributed by atoms with van der Waals surface area (Å²) in [6.45, 7) is 1.40. The van der Waals surface area contributed by atoms with Gasteiger partial charge in [0.15, 0.2) is 0 Å². The zero-order chi connectivity index (χ0) is 21.9. The molecule has 3 heterocycles. The first-order chi connectivity index (χ1) is 15.7. The van der Waals surface area contributed by atoms with Crippen LogP contribution in [-0.2, 0) is 0 Å². The number of nitrogens with zero attached hydrogens (tertiary/aromatic N) is 4. The van der Waals surface area contributed by atoms with E-state index in [1.54, 1.807) is 25.6 Å². The smallest absolute Gasteiger partial charge is 0.253 e. The van der Waals surface area contributed by atoms with Gasteiger partial charge in [-0.2, -0.15) is 0 Å². The first-order valence-electron chi connectivity index (χ1n) is 11.2. The molecule has 1 aliphatic carbocycles. The zero-order valence-electron chi connectivity index (χ0n) is 18.2. The van der Waals surface area contributed by atoms with Crippen molar-refractivity contribution in [1.29, 1.82) is 0 Å². The van der Waals surface area contributed by atoms with Crippen molar-refractivity contribution in [3.05, 3.63) is 66.2 Å². The highest BCUT2D eigenvalue weighted by Crippen LogP contribution is 2.35. The predicted octanol–water partition coefficient (Wildman–Crippen LogP) is 4.14. The van der Waals surface area contributed by atoms with E-state index >= 15 is 0 Å². The maximum atomic E-state index is 13.0. The number of nitrogens with one attached hydrogen (secondary N) is 1. The fourth-order valence-electron chi connectivity index (χ4n) is 4.23. The molecular formula is C25H27N5O2. The fourth-order valence-corrected chi connectivity index (χ4v) is 4.23. The molecule has 2 aliphatic rings. The van der Waals surface area contributed by atoms with Crippen LogP contribution in [-0.4, -0.2) is 52.0 Å². The van der Waals surface area contributed by atoms with Crippen molar-refractivity contribution >= 4 is 11.9 Å². The molecule has 0 unspecified atom stereocenters. The first-order valence-corrected chi connectivity index (χ1v) is 11.2. The minimum Gasteiger partial charge on any atom is -0.497 e. The molecule has 0 spiro atoms. The maximum Gasteiger partial charge on any atom is 0.253 e. The number of carbonyl (C=O) groups excluding carboxylic acids is 1. The molecule has 1 aliphatic heterocycles. The third kappa shape index (κ3) is 4.42. The standard InChI is InChI=1S/C25H27N5O2/c1-32-21-4-2-3-19(15-21)24(31)30-13-9-18(10-14-30)23-22(17-7-11-26-12-8-17)16-27-25(29-23)28-20-5-6-20/h2-4,7-8,11-12,15-16,18,20H,5-6,9-10,13-14H2,1H3,(H,27,28,29). The molecule has 1 amide bonds. The monoisotopic (exact) mass is 429 g/mol. The van der Waals surface area contributed by atoms with Crippen LogP contribution in [0, 0.1) is 0 Å². The second-order valence-electron chi connectivity index (χ2n) is 8.45. The number of likely N-dealkylation sites (tertiary alicyclic amines) is 1. The van der Waals surface area contributed by atoms with Gasteiger partial charge < -0.3 is 15.0 Å². The number of benzene rings is 1. The van der Waals surface area contributed by atoms with E-state index < -0.39 is 0 Å². The van der Waals surface area contributed by atoms with Crippen molar-refractivity contribution in [1.82, 2.24) is 19.9 Å². The maximum absolute atomic E-state index is 13.0. The number of amides is 1. The van der Waals surface area contributed by atoms with Gasteiger partial charge in [-0.15, -0.1) is 0 Å². The number of hydrogen-bond donors (Lipinski definition) is 1. The number of pyridine rings is 1. The highest BCUT2D eigenvalue weighted by molar-refractivity contribution is 5.94. The lowest BCUT2D eigenvalue weighted by Crippen LogP contribution is -2.38. The van der Waals surface area contributed by atoms with E-state index in [0.717, 1.165) is 29.7 Å². The van der Waals surface area contributed by atoms with Gasteiger partial charge in [-0.3, -0.25) is 9.78 Å². The van der Waals surface area contributed by atoms with Crippen molar-refractivity contribution < 1.29 is 9.53 Å². The number of hydrogen-bond acceptors (Lipinski definition) is 6. The Morgan fingerprint density at radius 3 is 2.59 bits per heavy atom. The summed E-state index contributed by atoms with van der Waals surface area (Å²) in [5.41, 5.74) is 3.84. The topological polar surface area (TPSA) is 80.2 Å². The minimum absolute atomic E-state index is 0.0514. The van der Waals surface area contributed by atoms with E-state index in [0.29, 0.717) is 36.4 Å². The van der Waals surface area contributed by atoms with Gasteiger partial charge >= 0.3 is 0 Å². The van der Waals surface area contributed by atoms with Crippen LogP contribution in [0.15, 0.2) is 55.0 Å². The Balaban J connectivity index is 1.35. The molecule has 0 radical (unpaired) electrons. The lowest BCUT2D eigenvalue weighted by molar-refractivity contribution is 0.0712. The van der Waals surface area contributed by atoms with Crippen LogP contribution in [0.2, 0.25) is 0 Å². The molecule has 3 aromatic rings. The van der Waals surface area contributed by atoms with Crippen molar-refractivity contribution in [2.45, 2.75) is 37.6 Å². The number of rotatable bonds is 6. The van der Waals surface area contributed by atoms with Gasteiger partial charge in [0.1, 0.15) is 5.75 Å². The number of aromatic nitrogens is 3. The van der Waals surface area contributed by atoms with Crippen LogP contribution in [0.5, 0.6) is 5.75 Å². The second-order valence-corrected chi connectivity index (χ2v) is 8.45. The number of ether oxygens (including phenoxy) is 1. The summed E-state index contributed by atoms with van der Waals surface area (Å²) in [5, 5.41) is 3.42. The van der Waals surface area contributed by atoms with Crippen molar-refractivity contribution in [2.24, 2.45) is 0 Å². The largest absolute Gasteiger partial charge is 0.497 e. The molecule has 7 heteroatoms. The molecule has 0 bridgehead atoms. The lowest BCUT2D eigenvalue weighted by Gasteiger charge is -2.32. The van der Waals surface area contributed by atoms with Gasteiger partial charge in [0, 0.05) is 54.8 Å². The third-order valence-electron chi connectivity index (χ3n) is 6.21. The van der Waals surface area contributed by atoms with Crippen LogP contribution >= 0.6 is 0 Å². The quantitative estimate of drug-likeness (QED) is 0.634. The normalized spacial score (nSPS) is 16.6. The van der Waals surface area contributed by atoms with E-state index in [4.69, 9.17) is 9.72 Å². The van der Waals surface area contributed by atoms with E-state index in [1.165, 1.54) is 12.8 Å². The summed E-state index contributed by atoms with van der Waals surface area (Å²) in [5.74, 6) is 1.73. The van der Waals surface area contributed by atoms with Crippen LogP contribution in [0.25, 0.3) is 11.1 Å². The highest BCUT2D eigenvalue weighted by atomic mass is 16.5. The molecule has 1 saturated carbocycles. The number of piperidine rings is 1. The van der Waals surface area contributed by atoms with Crippen LogP contribution in [0.4, 0.5) is 5.95 Å².